The predicted octanol–water partition coefficient (Wildman–Crippen LogP) is 0.534. The Bertz CT molecular complexity index is 200. The van der Waals surface area contributed by atoms with Crippen LogP contribution in [0.3, 0.4) is 0 Å². The zero-order valence-electron chi connectivity index (χ0n) is 7.84. The van der Waals surface area contributed by atoms with Crippen molar-refractivity contribution >= 4 is 0 Å². The van der Waals surface area contributed by atoms with Gasteiger partial charge >= 0.3 is 0 Å². The van der Waals surface area contributed by atoms with Crippen molar-refractivity contribution in [2.24, 2.45) is 17.3 Å². The van der Waals surface area contributed by atoms with Gasteiger partial charge in [-0.1, -0.05) is 20.3 Å². The van der Waals surface area contributed by atoms with Crippen LogP contribution in [0.1, 0.15) is 33.1 Å². The van der Waals surface area contributed by atoms with E-state index in [1.165, 1.54) is 0 Å². The molecule has 0 aromatic carbocycles. The molecule has 0 saturated heterocycles. The van der Waals surface area contributed by atoms with Crippen molar-refractivity contribution in [3.63, 3.8) is 0 Å². The van der Waals surface area contributed by atoms with Crippen LogP contribution in [-0.2, 0) is 0 Å². The molecule has 0 aromatic heterocycles. The van der Waals surface area contributed by atoms with Gasteiger partial charge in [0.15, 0.2) is 0 Å². The standard InChI is InChI=1S/C10H17O2/c1-9(2)7-3-4-8(6-11)10(9,12)5-7/h7-8,11H,3-6H2,1-2H3/q-1/t7-,8+,10+/m0/s1. The van der Waals surface area contributed by atoms with E-state index in [1.807, 2.05) is 0 Å². The van der Waals surface area contributed by atoms with Crippen LogP contribution < -0.4 is 5.11 Å². The first-order valence-corrected chi connectivity index (χ1v) is 4.83. The lowest BCUT2D eigenvalue weighted by atomic mass is 9.43. The molecule has 12 heavy (non-hydrogen) atoms. The van der Waals surface area contributed by atoms with Gasteiger partial charge in [0, 0.05) is 6.61 Å². The van der Waals surface area contributed by atoms with Gasteiger partial charge in [-0.05, 0) is 30.1 Å². The summed E-state index contributed by atoms with van der Waals surface area (Å²) < 4.78 is 0. The summed E-state index contributed by atoms with van der Waals surface area (Å²) in [5.74, 6) is 0.635. The Hall–Kier alpha value is -0.0800. The number of hydrogen-bond acceptors (Lipinski definition) is 2. The van der Waals surface area contributed by atoms with E-state index in [2.05, 4.69) is 13.8 Å². The van der Waals surface area contributed by atoms with Gasteiger partial charge in [-0.2, -0.15) is 0 Å². The summed E-state index contributed by atoms with van der Waals surface area (Å²) in [7, 11) is 0. The second-order valence-corrected chi connectivity index (χ2v) is 4.97. The zero-order valence-corrected chi connectivity index (χ0v) is 7.84. The Balaban J connectivity index is 2.24. The minimum absolute atomic E-state index is 0.0116. The van der Waals surface area contributed by atoms with Gasteiger partial charge in [-0.25, -0.2) is 0 Å². The molecule has 2 nitrogen and oxygen atoms in total. The van der Waals surface area contributed by atoms with E-state index < -0.39 is 5.60 Å². The van der Waals surface area contributed by atoms with Crippen molar-refractivity contribution in [2.75, 3.05) is 6.61 Å². The molecular formula is C10H17O2-. The first-order valence-electron chi connectivity index (χ1n) is 4.83. The fourth-order valence-corrected chi connectivity index (χ4v) is 3.13. The Morgan fingerprint density at radius 2 is 2.08 bits per heavy atom. The van der Waals surface area contributed by atoms with Gasteiger partial charge in [0.1, 0.15) is 0 Å². The van der Waals surface area contributed by atoms with Gasteiger partial charge in [0.25, 0.3) is 0 Å². The van der Waals surface area contributed by atoms with Crippen molar-refractivity contribution in [3.8, 4) is 0 Å². The van der Waals surface area contributed by atoms with E-state index >= 15 is 0 Å². The van der Waals surface area contributed by atoms with Crippen LogP contribution in [0.5, 0.6) is 0 Å². The molecule has 2 heteroatoms. The highest BCUT2D eigenvalue weighted by atomic mass is 16.3. The summed E-state index contributed by atoms with van der Waals surface area (Å²) in [6.07, 6.45) is 2.88. The van der Waals surface area contributed by atoms with Crippen molar-refractivity contribution < 1.29 is 10.2 Å². The number of aliphatic hydroxyl groups excluding tert-OH is 1. The maximum absolute atomic E-state index is 12.2. The molecule has 0 spiro atoms. The van der Waals surface area contributed by atoms with Crippen molar-refractivity contribution in [1.82, 2.24) is 0 Å². The fraction of sp³-hybridized carbons (Fsp3) is 1.00. The lowest BCUT2D eigenvalue weighted by Crippen LogP contribution is -2.75. The third kappa shape index (κ3) is 0.728. The first-order chi connectivity index (χ1) is 5.52. The minimum Gasteiger partial charge on any atom is -0.849 e. The zero-order chi connectivity index (χ0) is 8.98. The molecule has 3 saturated carbocycles. The molecule has 0 aromatic rings. The van der Waals surface area contributed by atoms with Gasteiger partial charge in [-0.3, -0.25) is 0 Å². The molecule has 3 rings (SSSR count). The smallest absolute Gasteiger partial charge is 0.0451 e. The van der Waals surface area contributed by atoms with Gasteiger partial charge in [0.05, 0.1) is 0 Å². The summed E-state index contributed by atoms with van der Waals surface area (Å²) in [6.45, 7) is 4.21. The highest BCUT2D eigenvalue weighted by Crippen LogP contribution is 2.62. The van der Waals surface area contributed by atoms with Crippen LogP contribution in [-0.4, -0.2) is 17.3 Å². The topological polar surface area (TPSA) is 43.3 Å². The fourth-order valence-electron chi connectivity index (χ4n) is 3.13. The van der Waals surface area contributed by atoms with E-state index in [4.69, 9.17) is 5.11 Å². The van der Waals surface area contributed by atoms with Gasteiger partial charge in [0.2, 0.25) is 0 Å². The molecule has 0 unspecified atom stereocenters. The summed E-state index contributed by atoms with van der Waals surface area (Å²) in [5.41, 5.74) is -0.886. The minimum atomic E-state index is -0.815. The Labute approximate surface area is 73.6 Å². The Morgan fingerprint density at radius 1 is 1.42 bits per heavy atom. The molecule has 1 N–H and O–H groups in total. The maximum Gasteiger partial charge on any atom is 0.0451 e. The van der Waals surface area contributed by atoms with Crippen molar-refractivity contribution in [2.45, 2.75) is 38.7 Å². The van der Waals surface area contributed by atoms with Crippen LogP contribution >= 0.6 is 0 Å². The second kappa shape index (κ2) is 2.24. The third-order valence-electron chi connectivity index (χ3n) is 4.40. The SMILES string of the molecule is CC1(C)[C@H]2CC[C@H](CO)[C@]1([O-])C2. The molecule has 0 radical (unpaired) electrons. The van der Waals surface area contributed by atoms with Gasteiger partial charge in [-0.15, -0.1) is 5.60 Å². The molecule has 3 atom stereocenters. The lowest BCUT2D eigenvalue weighted by Gasteiger charge is -2.74. The van der Waals surface area contributed by atoms with Gasteiger partial charge < -0.3 is 10.2 Å². The monoisotopic (exact) mass is 169 g/mol. The van der Waals surface area contributed by atoms with E-state index in [-0.39, 0.29) is 17.9 Å². The number of fused-ring (bicyclic) bond motifs is 2. The molecule has 3 aliphatic carbocycles. The molecule has 0 amide bonds. The molecule has 0 heterocycles. The van der Waals surface area contributed by atoms with E-state index in [0.717, 1.165) is 19.3 Å². The second-order valence-electron chi connectivity index (χ2n) is 4.97. The normalized spacial score (nSPS) is 50.0. The predicted molar refractivity (Wildman–Crippen MR) is 44.4 cm³/mol. The molecule has 3 aliphatic rings. The highest BCUT2D eigenvalue weighted by molar-refractivity contribution is 5.13. The summed E-state index contributed by atoms with van der Waals surface area (Å²) in [4.78, 5) is 0. The Morgan fingerprint density at radius 3 is 2.50 bits per heavy atom. The summed E-state index contributed by atoms with van der Waals surface area (Å²) >= 11 is 0. The van der Waals surface area contributed by atoms with Crippen LogP contribution in [0.4, 0.5) is 0 Å². The highest BCUT2D eigenvalue weighted by Gasteiger charge is 2.57. The molecular weight excluding hydrogens is 152 g/mol. The average Bonchev–Trinajstić information content (AvgIpc) is 2.04. The third-order valence-corrected chi connectivity index (χ3v) is 4.40. The largest absolute Gasteiger partial charge is 0.849 e. The Kier molecular flexibility index (Phi) is 1.59. The van der Waals surface area contributed by atoms with E-state index in [1.54, 1.807) is 0 Å². The van der Waals surface area contributed by atoms with Crippen LogP contribution in [0.15, 0.2) is 0 Å². The molecule has 3 fully saturated rings. The number of hydrogen-bond donors (Lipinski definition) is 1. The molecule has 70 valence electrons. The van der Waals surface area contributed by atoms with E-state index in [0.29, 0.717) is 5.92 Å². The average molecular weight is 169 g/mol. The number of aliphatic hydroxyl groups is 1. The van der Waals surface area contributed by atoms with Crippen LogP contribution in [0.2, 0.25) is 0 Å². The summed E-state index contributed by atoms with van der Waals surface area (Å²) in [5, 5.41) is 21.3. The lowest BCUT2D eigenvalue weighted by molar-refractivity contribution is -0.567. The molecule has 2 bridgehead atoms. The first kappa shape index (κ1) is 8.52. The van der Waals surface area contributed by atoms with E-state index in [9.17, 15) is 5.11 Å². The van der Waals surface area contributed by atoms with Crippen LogP contribution in [0, 0.1) is 17.3 Å². The van der Waals surface area contributed by atoms with Crippen molar-refractivity contribution in [3.05, 3.63) is 0 Å². The van der Waals surface area contributed by atoms with Crippen LogP contribution in [0.25, 0.3) is 0 Å². The summed E-state index contributed by atoms with van der Waals surface area (Å²) in [6, 6.07) is 0. The van der Waals surface area contributed by atoms with Crippen molar-refractivity contribution in [1.29, 1.82) is 0 Å². The maximum atomic E-state index is 12.2. The quantitative estimate of drug-likeness (QED) is 0.622. The number of rotatable bonds is 1. The molecule has 0 aliphatic heterocycles.